The smallest absolute Gasteiger partial charge is 0.390 e. The van der Waals surface area contributed by atoms with Gasteiger partial charge in [-0.2, -0.15) is 15.0 Å². The minimum Gasteiger partial charge on any atom is -0.390 e. The van der Waals surface area contributed by atoms with Crippen molar-refractivity contribution in [3.63, 3.8) is 0 Å². The molecule has 0 radical (unpaired) electrons. The van der Waals surface area contributed by atoms with E-state index in [9.17, 15) is 0 Å². The number of nitrogens with one attached hydrogen (secondary N) is 3. The Kier molecular flexibility index (Phi) is 8.77. The van der Waals surface area contributed by atoms with E-state index in [2.05, 4.69) is 30.9 Å². The number of hydrogen-bond donors (Lipinski definition) is 6. The molecule has 0 bridgehead atoms. The van der Waals surface area contributed by atoms with E-state index in [-0.39, 0.29) is 6.04 Å². The summed E-state index contributed by atoms with van der Waals surface area (Å²) in [6, 6.07) is 0.134. The molecule has 1 aromatic rings. The third-order valence-electron chi connectivity index (χ3n) is 3.30. The molecule has 0 aliphatic heterocycles. The van der Waals surface area contributed by atoms with Crippen LogP contribution in [0.4, 0.5) is 17.8 Å². The summed E-state index contributed by atoms with van der Waals surface area (Å²) in [7, 11) is -0.312. The molecule has 0 spiro atoms. The van der Waals surface area contributed by atoms with Crippen molar-refractivity contribution in [3.05, 3.63) is 0 Å². The van der Waals surface area contributed by atoms with Gasteiger partial charge in [-0.15, -0.1) is 0 Å². The van der Waals surface area contributed by atoms with E-state index >= 15 is 0 Å². The Morgan fingerprint density at radius 1 is 0.739 bits per heavy atom. The minimum absolute atomic E-state index is 0.134. The number of anilines is 3. The average Bonchev–Trinajstić information content (AvgIpc) is 2.51. The molecule has 6 N–H and O–H groups in total. The SMILES string of the molecule is CNc1nc(NC)nc(NCCCCCCCC[Si](O)(O)O)n1. The zero-order valence-corrected chi connectivity index (χ0v) is 14.8. The zero-order valence-electron chi connectivity index (χ0n) is 13.8. The van der Waals surface area contributed by atoms with E-state index in [1.165, 1.54) is 0 Å². The number of rotatable bonds is 12. The third-order valence-corrected chi connectivity index (χ3v) is 4.33. The molecule has 0 unspecified atom stereocenters. The van der Waals surface area contributed by atoms with E-state index in [0.717, 1.165) is 38.6 Å². The second-order valence-corrected chi connectivity index (χ2v) is 7.43. The standard InChI is InChI=1S/C13H28N6O3Si/c1-14-11-17-12(15-2)19-13(18-11)16-9-7-5-3-4-6-8-10-23(20,21)22/h20-22H,3-10H2,1-2H3,(H3,14,15,16,17,18,19). The highest BCUT2D eigenvalue weighted by atomic mass is 28.4. The first kappa shape index (κ1) is 19.6. The lowest BCUT2D eigenvalue weighted by atomic mass is 10.1. The molecular weight excluding hydrogens is 316 g/mol. The van der Waals surface area contributed by atoms with Crippen molar-refractivity contribution in [1.82, 2.24) is 15.0 Å². The van der Waals surface area contributed by atoms with E-state index in [0.29, 0.717) is 24.3 Å². The molecule has 0 aromatic carbocycles. The maximum atomic E-state index is 8.89. The minimum atomic E-state index is -3.83. The van der Waals surface area contributed by atoms with E-state index in [1.54, 1.807) is 14.1 Å². The Labute approximate surface area is 138 Å². The van der Waals surface area contributed by atoms with Crippen molar-refractivity contribution in [2.24, 2.45) is 0 Å². The van der Waals surface area contributed by atoms with Crippen LogP contribution in [-0.2, 0) is 0 Å². The lowest BCUT2D eigenvalue weighted by molar-refractivity contribution is 0.226. The summed E-state index contributed by atoms with van der Waals surface area (Å²) >= 11 is 0. The molecular formula is C13H28N6O3Si. The van der Waals surface area contributed by atoms with Crippen molar-refractivity contribution >= 4 is 26.6 Å². The van der Waals surface area contributed by atoms with Crippen LogP contribution in [0.5, 0.6) is 0 Å². The van der Waals surface area contributed by atoms with Crippen LogP contribution in [0, 0.1) is 0 Å². The molecule has 1 rings (SSSR count). The first-order chi connectivity index (χ1) is 10.9. The maximum absolute atomic E-state index is 8.89. The van der Waals surface area contributed by atoms with Crippen LogP contribution in [0.2, 0.25) is 6.04 Å². The van der Waals surface area contributed by atoms with Gasteiger partial charge >= 0.3 is 8.80 Å². The predicted octanol–water partition coefficient (Wildman–Crippen LogP) is 0.623. The Bertz CT molecular complexity index is 436. The molecule has 1 aromatic heterocycles. The van der Waals surface area contributed by atoms with Gasteiger partial charge in [0.2, 0.25) is 17.8 Å². The molecule has 0 saturated carbocycles. The van der Waals surface area contributed by atoms with Crippen molar-refractivity contribution in [2.75, 3.05) is 36.6 Å². The Morgan fingerprint density at radius 3 is 1.74 bits per heavy atom. The highest BCUT2D eigenvalue weighted by Gasteiger charge is 2.25. The van der Waals surface area contributed by atoms with Gasteiger partial charge in [-0.05, 0) is 12.8 Å². The molecule has 0 aliphatic carbocycles. The summed E-state index contributed by atoms with van der Waals surface area (Å²) in [6.07, 6.45) is 5.78. The first-order valence-electron chi connectivity index (χ1n) is 7.97. The van der Waals surface area contributed by atoms with Gasteiger partial charge in [0.1, 0.15) is 0 Å². The van der Waals surface area contributed by atoms with E-state index in [1.807, 2.05) is 0 Å². The highest BCUT2D eigenvalue weighted by Crippen LogP contribution is 2.11. The second-order valence-electron chi connectivity index (χ2n) is 5.38. The van der Waals surface area contributed by atoms with Gasteiger partial charge in [0.05, 0.1) is 0 Å². The fourth-order valence-electron chi connectivity index (χ4n) is 2.07. The molecule has 0 amide bonds. The van der Waals surface area contributed by atoms with Gasteiger partial charge in [-0.3, -0.25) is 0 Å². The molecule has 0 fully saturated rings. The summed E-state index contributed by atoms with van der Waals surface area (Å²) in [6.45, 7) is 0.788. The van der Waals surface area contributed by atoms with Gasteiger partial charge in [0.25, 0.3) is 0 Å². The van der Waals surface area contributed by atoms with Crippen LogP contribution in [0.3, 0.4) is 0 Å². The third kappa shape index (κ3) is 9.28. The van der Waals surface area contributed by atoms with Crippen molar-refractivity contribution < 1.29 is 14.4 Å². The largest absolute Gasteiger partial charge is 0.492 e. The van der Waals surface area contributed by atoms with Gasteiger partial charge in [0.15, 0.2) is 0 Å². The number of nitrogens with zero attached hydrogens (tertiary/aromatic N) is 3. The molecule has 23 heavy (non-hydrogen) atoms. The molecule has 10 heteroatoms. The van der Waals surface area contributed by atoms with Crippen molar-refractivity contribution in [3.8, 4) is 0 Å². The van der Waals surface area contributed by atoms with Crippen LogP contribution in [0.1, 0.15) is 38.5 Å². The summed E-state index contributed by atoms with van der Waals surface area (Å²) in [5, 5.41) is 8.96. The van der Waals surface area contributed by atoms with Gasteiger partial charge in [-0.1, -0.05) is 25.7 Å². The van der Waals surface area contributed by atoms with Crippen LogP contribution in [-0.4, -0.2) is 58.8 Å². The summed E-state index contributed by atoms with van der Waals surface area (Å²) in [4.78, 5) is 39.3. The summed E-state index contributed by atoms with van der Waals surface area (Å²) < 4.78 is 0. The zero-order chi connectivity index (χ0) is 17.1. The topological polar surface area (TPSA) is 135 Å². The lowest BCUT2D eigenvalue weighted by Gasteiger charge is -2.09. The Balaban J connectivity index is 2.11. The molecule has 9 nitrogen and oxygen atoms in total. The summed E-state index contributed by atoms with van der Waals surface area (Å²) in [5.74, 6) is 1.58. The van der Waals surface area contributed by atoms with E-state index < -0.39 is 8.80 Å². The normalized spacial score (nSPS) is 11.3. The van der Waals surface area contributed by atoms with Gasteiger partial charge in [-0.25, -0.2) is 0 Å². The lowest BCUT2D eigenvalue weighted by Crippen LogP contribution is -2.33. The molecule has 0 saturated heterocycles. The Hall–Kier alpha value is -1.49. The molecule has 0 atom stereocenters. The first-order valence-corrected chi connectivity index (χ1v) is 10.0. The highest BCUT2D eigenvalue weighted by molar-refractivity contribution is 6.56. The van der Waals surface area contributed by atoms with Crippen LogP contribution < -0.4 is 16.0 Å². The number of unbranched alkanes of at least 4 members (excludes halogenated alkanes) is 5. The summed E-state index contributed by atoms with van der Waals surface area (Å²) in [5.41, 5.74) is 0. The quantitative estimate of drug-likeness (QED) is 0.238. The second kappa shape index (κ2) is 10.3. The molecule has 1 heterocycles. The molecule has 0 aliphatic rings. The number of aromatic nitrogens is 3. The van der Waals surface area contributed by atoms with Crippen LogP contribution in [0.25, 0.3) is 0 Å². The monoisotopic (exact) mass is 344 g/mol. The molecule has 132 valence electrons. The van der Waals surface area contributed by atoms with Crippen LogP contribution >= 0.6 is 0 Å². The van der Waals surface area contributed by atoms with Crippen molar-refractivity contribution in [1.29, 1.82) is 0 Å². The fourth-order valence-corrected chi connectivity index (χ4v) is 2.80. The maximum Gasteiger partial charge on any atom is 0.492 e. The number of hydrogen-bond acceptors (Lipinski definition) is 9. The van der Waals surface area contributed by atoms with E-state index in [4.69, 9.17) is 14.4 Å². The Morgan fingerprint density at radius 2 is 1.22 bits per heavy atom. The van der Waals surface area contributed by atoms with Gasteiger partial charge in [0, 0.05) is 26.7 Å². The van der Waals surface area contributed by atoms with Crippen LogP contribution in [0.15, 0.2) is 0 Å². The fraction of sp³-hybridized carbons (Fsp3) is 0.769. The average molecular weight is 344 g/mol. The van der Waals surface area contributed by atoms with Gasteiger partial charge < -0.3 is 30.3 Å². The van der Waals surface area contributed by atoms with Crippen molar-refractivity contribution in [2.45, 2.75) is 44.6 Å². The predicted molar refractivity (Wildman–Crippen MR) is 92.3 cm³/mol.